The molecule has 0 saturated heterocycles. The Morgan fingerprint density at radius 2 is 1.86 bits per heavy atom. The van der Waals surface area contributed by atoms with Gasteiger partial charge in [-0.15, -0.1) is 0 Å². The van der Waals surface area contributed by atoms with Crippen LogP contribution in [0.4, 0.5) is 0 Å². The van der Waals surface area contributed by atoms with Crippen molar-refractivity contribution in [2.45, 2.75) is 38.8 Å². The summed E-state index contributed by atoms with van der Waals surface area (Å²) in [5.41, 5.74) is 0. The first-order chi connectivity index (χ1) is 9.55. The fraction of sp³-hybridized carbons (Fsp3) is 0.833. The van der Waals surface area contributed by atoms with Crippen molar-refractivity contribution in [3.05, 3.63) is 0 Å². The van der Waals surface area contributed by atoms with Gasteiger partial charge < -0.3 is 15.2 Å². The van der Waals surface area contributed by atoms with Gasteiger partial charge in [-0.05, 0) is 12.3 Å². The van der Waals surface area contributed by atoms with Crippen LogP contribution in [0, 0.1) is 5.92 Å². The normalized spacial score (nSPS) is 14.7. The molecule has 0 bridgehead atoms. The average molecular weight is 324 g/mol. The largest absolute Gasteiger partial charge is 0.481 e. The van der Waals surface area contributed by atoms with Crippen LogP contribution in [0.15, 0.2) is 0 Å². The standard InChI is InChI=1S/C12H24N2O6S/c1-8(2)5-10(14-21(4,18)19)12(17)13-7-9(20-3)6-11(15)16/h8-10,14H,5-7H2,1-4H3,(H,13,17)(H,15,16). The molecule has 2 unspecified atom stereocenters. The summed E-state index contributed by atoms with van der Waals surface area (Å²) in [6, 6.07) is -0.887. The summed E-state index contributed by atoms with van der Waals surface area (Å²) in [6.07, 6.45) is 0.417. The highest BCUT2D eigenvalue weighted by Gasteiger charge is 2.24. The van der Waals surface area contributed by atoms with Gasteiger partial charge in [0.1, 0.15) is 6.04 Å². The molecular formula is C12H24N2O6S. The first-order valence-electron chi connectivity index (χ1n) is 6.54. The number of ether oxygens (including phenoxy) is 1. The summed E-state index contributed by atoms with van der Waals surface area (Å²) in [5, 5.41) is 11.2. The molecule has 0 aliphatic carbocycles. The zero-order valence-corrected chi connectivity index (χ0v) is 13.6. The molecule has 0 aliphatic rings. The number of methoxy groups -OCH3 is 1. The number of carbonyl (C=O) groups excluding carboxylic acids is 1. The van der Waals surface area contributed by atoms with Crippen molar-refractivity contribution in [1.29, 1.82) is 0 Å². The zero-order chi connectivity index (χ0) is 16.6. The molecule has 0 aromatic carbocycles. The fourth-order valence-electron chi connectivity index (χ4n) is 1.71. The second-order valence-electron chi connectivity index (χ2n) is 5.27. The van der Waals surface area contributed by atoms with E-state index in [0.29, 0.717) is 6.42 Å². The maximum atomic E-state index is 12.0. The molecule has 3 N–H and O–H groups in total. The van der Waals surface area contributed by atoms with Gasteiger partial charge in [0.2, 0.25) is 15.9 Å². The van der Waals surface area contributed by atoms with E-state index in [4.69, 9.17) is 9.84 Å². The molecule has 1 amide bonds. The minimum absolute atomic E-state index is 0.00166. The summed E-state index contributed by atoms with van der Waals surface area (Å²) >= 11 is 0. The van der Waals surface area contributed by atoms with Gasteiger partial charge in [0.05, 0.1) is 18.8 Å². The van der Waals surface area contributed by atoms with Gasteiger partial charge in [0, 0.05) is 13.7 Å². The van der Waals surface area contributed by atoms with Gasteiger partial charge >= 0.3 is 5.97 Å². The minimum Gasteiger partial charge on any atom is -0.481 e. The van der Waals surface area contributed by atoms with Crippen LogP contribution in [0.2, 0.25) is 0 Å². The van der Waals surface area contributed by atoms with E-state index < -0.39 is 34.0 Å². The lowest BCUT2D eigenvalue weighted by molar-refractivity contribution is -0.140. The molecule has 0 rings (SSSR count). The Balaban J connectivity index is 4.62. The number of amides is 1. The van der Waals surface area contributed by atoms with E-state index in [1.165, 1.54) is 7.11 Å². The van der Waals surface area contributed by atoms with Gasteiger partial charge in [0.25, 0.3) is 0 Å². The molecular weight excluding hydrogens is 300 g/mol. The second-order valence-corrected chi connectivity index (χ2v) is 7.05. The van der Waals surface area contributed by atoms with Gasteiger partial charge in [-0.1, -0.05) is 13.8 Å². The molecule has 124 valence electrons. The van der Waals surface area contributed by atoms with Crippen LogP contribution >= 0.6 is 0 Å². The van der Waals surface area contributed by atoms with E-state index in [9.17, 15) is 18.0 Å². The fourth-order valence-corrected chi connectivity index (χ4v) is 2.43. The van der Waals surface area contributed by atoms with Crippen LogP contribution < -0.4 is 10.0 Å². The van der Waals surface area contributed by atoms with Gasteiger partial charge in [-0.25, -0.2) is 13.1 Å². The SMILES string of the molecule is COC(CNC(=O)C(CC(C)C)NS(C)(=O)=O)CC(=O)O. The highest BCUT2D eigenvalue weighted by Crippen LogP contribution is 2.06. The van der Waals surface area contributed by atoms with Gasteiger partial charge in [-0.2, -0.15) is 0 Å². The lowest BCUT2D eigenvalue weighted by atomic mass is 10.0. The lowest BCUT2D eigenvalue weighted by Gasteiger charge is -2.20. The summed E-state index contributed by atoms with van der Waals surface area (Å²) in [6.45, 7) is 3.74. The smallest absolute Gasteiger partial charge is 0.306 e. The van der Waals surface area contributed by atoms with Crippen molar-refractivity contribution in [2.75, 3.05) is 19.9 Å². The number of carboxylic acids is 1. The number of hydrogen-bond donors (Lipinski definition) is 3. The summed E-state index contributed by atoms with van der Waals surface area (Å²) < 4.78 is 29.8. The molecule has 2 atom stereocenters. The Labute approximate surface area is 125 Å². The molecule has 0 aromatic rings. The number of rotatable bonds is 10. The summed E-state index contributed by atoms with van der Waals surface area (Å²) in [7, 11) is -2.17. The van der Waals surface area contributed by atoms with Crippen molar-refractivity contribution in [3.8, 4) is 0 Å². The number of carbonyl (C=O) groups is 2. The van der Waals surface area contributed by atoms with E-state index in [0.717, 1.165) is 6.26 Å². The van der Waals surface area contributed by atoms with Crippen LogP contribution in [-0.4, -0.2) is 57.5 Å². The molecule has 0 fully saturated rings. The van der Waals surface area contributed by atoms with Crippen molar-refractivity contribution in [3.63, 3.8) is 0 Å². The van der Waals surface area contributed by atoms with E-state index in [1.807, 2.05) is 13.8 Å². The van der Waals surface area contributed by atoms with Gasteiger partial charge in [0.15, 0.2) is 0 Å². The van der Waals surface area contributed by atoms with Crippen LogP contribution in [0.1, 0.15) is 26.7 Å². The average Bonchev–Trinajstić information content (AvgIpc) is 2.30. The van der Waals surface area contributed by atoms with Gasteiger partial charge in [-0.3, -0.25) is 9.59 Å². The molecule has 0 aliphatic heterocycles. The number of sulfonamides is 1. The molecule has 0 spiro atoms. The Bertz CT molecular complexity index is 449. The third kappa shape index (κ3) is 10.2. The lowest BCUT2D eigenvalue weighted by Crippen LogP contribution is -2.48. The molecule has 0 heterocycles. The quantitative estimate of drug-likeness (QED) is 0.500. The first-order valence-corrected chi connectivity index (χ1v) is 8.44. The van der Waals surface area contributed by atoms with Crippen LogP contribution in [-0.2, 0) is 24.3 Å². The van der Waals surface area contributed by atoms with Crippen LogP contribution in [0.25, 0.3) is 0 Å². The Kier molecular flexibility index (Phi) is 8.45. The van der Waals surface area contributed by atoms with Crippen molar-refractivity contribution >= 4 is 21.9 Å². The highest BCUT2D eigenvalue weighted by molar-refractivity contribution is 7.88. The third-order valence-electron chi connectivity index (χ3n) is 2.62. The molecule has 21 heavy (non-hydrogen) atoms. The number of aliphatic carboxylic acids is 1. The van der Waals surface area contributed by atoms with Crippen LogP contribution in [0.3, 0.4) is 0 Å². The third-order valence-corrected chi connectivity index (χ3v) is 3.33. The highest BCUT2D eigenvalue weighted by atomic mass is 32.2. The second kappa shape index (κ2) is 8.96. The Morgan fingerprint density at radius 3 is 2.24 bits per heavy atom. The minimum atomic E-state index is -3.51. The van der Waals surface area contributed by atoms with Crippen molar-refractivity contribution in [2.24, 2.45) is 5.92 Å². The number of hydrogen-bond acceptors (Lipinski definition) is 5. The van der Waals surface area contributed by atoms with Crippen molar-refractivity contribution < 1.29 is 27.9 Å². The molecule has 8 nitrogen and oxygen atoms in total. The predicted molar refractivity (Wildman–Crippen MR) is 77.3 cm³/mol. The molecule has 0 aromatic heterocycles. The van der Waals surface area contributed by atoms with E-state index in [2.05, 4.69) is 10.0 Å². The predicted octanol–water partition coefficient (Wildman–Crippen LogP) is -0.444. The topological polar surface area (TPSA) is 122 Å². The Hall–Kier alpha value is -1.19. The maximum Gasteiger partial charge on any atom is 0.306 e. The van der Waals surface area contributed by atoms with E-state index >= 15 is 0 Å². The summed E-state index contributed by atoms with van der Waals surface area (Å²) in [5.74, 6) is -1.42. The first kappa shape index (κ1) is 19.8. The summed E-state index contributed by atoms with van der Waals surface area (Å²) in [4.78, 5) is 22.6. The van der Waals surface area contributed by atoms with Crippen molar-refractivity contribution in [1.82, 2.24) is 10.0 Å². The molecule has 0 saturated carbocycles. The zero-order valence-electron chi connectivity index (χ0n) is 12.8. The molecule has 9 heteroatoms. The van der Waals surface area contributed by atoms with Crippen LogP contribution in [0.5, 0.6) is 0 Å². The van der Waals surface area contributed by atoms with E-state index in [-0.39, 0.29) is 18.9 Å². The number of nitrogens with one attached hydrogen (secondary N) is 2. The number of carboxylic acid groups (broad SMARTS) is 1. The van der Waals surface area contributed by atoms with E-state index in [1.54, 1.807) is 0 Å². The molecule has 0 radical (unpaired) electrons. The Morgan fingerprint density at radius 1 is 1.29 bits per heavy atom. The monoisotopic (exact) mass is 324 g/mol. The maximum absolute atomic E-state index is 12.0.